The number of primary amides is 1. The van der Waals surface area contributed by atoms with E-state index in [-0.39, 0.29) is 11.3 Å². The Morgan fingerprint density at radius 1 is 1.28 bits per heavy atom. The van der Waals surface area contributed by atoms with Gasteiger partial charge in [0.15, 0.2) is 0 Å². The van der Waals surface area contributed by atoms with Crippen LogP contribution in [0.15, 0.2) is 24.3 Å². The number of nitrogens with two attached hydrogens (primary N) is 2. The molecule has 6 N–H and O–H groups in total. The highest BCUT2D eigenvalue weighted by Crippen LogP contribution is 2.14. The van der Waals surface area contributed by atoms with Gasteiger partial charge in [0.1, 0.15) is 0 Å². The second kappa shape index (κ2) is 5.78. The van der Waals surface area contributed by atoms with Crippen LogP contribution in [0.4, 0.5) is 5.69 Å². The van der Waals surface area contributed by atoms with Crippen molar-refractivity contribution in [3.8, 4) is 0 Å². The molecule has 18 heavy (non-hydrogen) atoms. The Morgan fingerprint density at radius 3 is 2.44 bits per heavy atom. The topological polar surface area (TPSA) is 136 Å². The SMILES string of the molecule is NC(=O)c1ccccc1NC(=O)C(N)CC(=O)O. The summed E-state index contributed by atoms with van der Waals surface area (Å²) < 4.78 is 0. The largest absolute Gasteiger partial charge is 0.481 e. The second-order valence-electron chi connectivity index (χ2n) is 3.60. The molecule has 2 amide bonds. The van der Waals surface area contributed by atoms with Crippen molar-refractivity contribution in [2.75, 3.05) is 5.32 Å². The first-order chi connectivity index (χ1) is 8.41. The number of anilines is 1. The van der Waals surface area contributed by atoms with E-state index in [4.69, 9.17) is 16.6 Å². The van der Waals surface area contributed by atoms with Gasteiger partial charge in [0.05, 0.1) is 23.7 Å². The summed E-state index contributed by atoms with van der Waals surface area (Å²) in [7, 11) is 0. The molecule has 96 valence electrons. The Kier molecular flexibility index (Phi) is 4.39. The van der Waals surface area contributed by atoms with E-state index < -0.39 is 30.2 Å². The summed E-state index contributed by atoms with van der Waals surface area (Å²) in [6.07, 6.45) is -0.495. The molecular formula is C11H13N3O4. The minimum Gasteiger partial charge on any atom is -0.481 e. The summed E-state index contributed by atoms with van der Waals surface area (Å²) in [5.74, 6) is -2.57. The number of hydrogen-bond acceptors (Lipinski definition) is 4. The van der Waals surface area contributed by atoms with Crippen LogP contribution >= 0.6 is 0 Å². The molecule has 7 nitrogen and oxygen atoms in total. The molecule has 0 bridgehead atoms. The van der Waals surface area contributed by atoms with Crippen LogP contribution in [0.5, 0.6) is 0 Å². The zero-order valence-corrected chi connectivity index (χ0v) is 9.42. The molecule has 0 aromatic heterocycles. The van der Waals surface area contributed by atoms with Crippen molar-refractivity contribution in [1.82, 2.24) is 0 Å². The minimum absolute atomic E-state index is 0.133. The van der Waals surface area contributed by atoms with E-state index in [2.05, 4.69) is 5.32 Å². The molecule has 1 aromatic rings. The monoisotopic (exact) mass is 251 g/mol. The number of carbonyl (C=O) groups excluding carboxylic acids is 2. The van der Waals surface area contributed by atoms with Gasteiger partial charge in [0.25, 0.3) is 5.91 Å². The number of benzene rings is 1. The van der Waals surface area contributed by atoms with Gasteiger partial charge in [-0.2, -0.15) is 0 Å². The van der Waals surface area contributed by atoms with Gasteiger partial charge < -0.3 is 21.9 Å². The van der Waals surface area contributed by atoms with Crippen molar-refractivity contribution in [3.63, 3.8) is 0 Å². The molecule has 0 saturated heterocycles. The maximum Gasteiger partial charge on any atom is 0.305 e. The molecule has 0 aliphatic carbocycles. The highest BCUT2D eigenvalue weighted by atomic mass is 16.4. The lowest BCUT2D eigenvalue weighted by Crippen LogP contribution is -2.37. The Bertz CT molecular complexity index is 487. The summed E-state index contributed by atoms with van der Waals surface area (Å²) in [6.45, 7) is 0. The normalized spacial score (nSPS) is 11.6. The molecule has 0 spiro atoms. The zero-order valence-electron chi connectivity index (χ0n) is 9.42. The van der Waals surface area contributed by atoms with Gasteiger partial charge in [0, 0.05) is 0 Å². The molecule has 0 radical (unpaired) electrons. The van der Waals surface area contributed by atoms with Gasteiger partial charge in [-0.1, -0.05) is 12.1 Å². The van der Waals surface area contributed by atoms with Crippen LogP contribution in [0.1, 0.15) is 16.8 Å². The van der Waals surface area contributed by atoms with Gasteiger partial charge >= 0.3 is 5.97 Å². The Hall–Kier alpha value is -2.41. The quantitative estimate of drug-likeness (QED) is 0.560. The van der Waals surface area contributed by atoms with E-state index in [9.17, 15) is 14.4 Å². The fourth-order valence-electron chi connectivity index (χ4n) is 1.31. The van der Waals surface area contributed by atoms with Gasteiger partial charge in [-0.3, -0.25) is 14.4 Å². The number of carboxylic acids is 1. The van der Waals surface area contributed by atoms with E-state index in [1.165, 1.54) is 12.1 Å². The lowest BCUT2D eigenvalue weighted by Gasteiger charge is -2.12. The molecule has 1 aromatic carbocycles. The summed E-state index contributed by atoms with van der Waals surface area (Å²) in [5.41, 5.74) is 10.9. The average Bonchev–Trinajstić information content (AvgIpc) is 2.28. The summed E-state index contributed by atoms with van der Waals surface area (Å²) in [5, 5.41) is 10.9. The standard InChI is InChI=1S/C11H13N3O4/c12-7(5-9(15)16)11(18)14-8-4-2-1-3-6(8)10(13)17/h1-4,7H,5,12H2,(H2,13,17)(H,14,18)(H,15,16). The second-order valence-corrected chi connectivity index (χ2v) is 3.60. The lowest BCUT2D eigenvalue weighted by molar-refractivity contribution is -0.138. The van der Waals surface area contributed by atoms with Crippen molar-refractivity contribution in [2.24, 2.45) is 11.5 Å². The third-order valence-corrected chi connectivity index (χ3v) is 2.18. The third-order valence-electron chi connectivity index (χ3n) is 2.18. The van der Waals surface area contributed by atoms with Crippen LogP contribution in [-0.2, 0) is 9.59 Å². The first-order valence-corrected chi connectivity index (χ1v) is 5.09. The number of aliphatic carboxylic acids is 1. The Labute approximate surface area is 103 Å². The lowest BCUT2D eigenvalue weighted by atomic mass is 10.1. The number of carboxylic acid groups (broad SMARTS) is 1. The number of rotatable bonds is 5. The van der Waals surface area contributed by atoms with E-state index in [0.717, 1.165) is 0 Å². The molecule has 0 heterocycles. The maximum absolute atomic E-state index is 11.6. The molecule has 1 rings (SSSR count). The van der Waals surface area contributed by atoms with Crippen molar-refractivity contribution >= 4 is 23.5 Å². The van der Waals surface area contributed by atoms with Crippen LogP contribution < -0.4 is 16.8 Å². The maximum atomic E-state index is 11.6. The Morgan fingerprint density at radius 2 is 1.89 bits per heavy atom. The van der Waals surface area contributed by atoms with Gasteiger partial charge in [-0.05, 0) is 12.1 Å². The van der Waals surface area contributed by atoms with Crippen molar-refractivity contribution in [3.05, 3.63) is 29.8 Å². The first-order valence-electron chi connectivity index (χ1n) is 5.09. The van der Waals surface area contributed by atoms with E-state index in [0.29, 0.717) is 0 Å². The first kappa shape index (κ1) is 13.7. The molecule has 1 unspecified atom stereocenters. The third kappa shape index (κ3) is 3.56. The van der Waals surface area contributed by atoms with Crippen LogP contribution in [0.3, 0.4) is 0 Å². The average molecular weight is 251 g/mol. The van der Waals surface area contributed by atoms with E-state index >= 15 is 0 Å². The highest BCUT2D eigenvalue weighted by molar-refractivity contribution is 6.04. The summed E-state index contributed by atoms with van der Waals surface area (Å²) >= 11 is 0. The van der Waals surface area contributed by atoms with Gasteiger partial charge in [-0.25, -0.2) is 0 Å². The van der Waals surface area contributed by atoms with Crippen LogP contribution in [0.25, 0.3) is 0 Å². The van der Waals surface area contributed by atoms with Crippen molar-refractivity contribution in [1.29, 1.82) is 0 Å². The smallest absolute Gasteiger partial charge is 0.305 e. The Balaban J connectivity index is 2.82. The molecule has 7 heteroatoms. The van der Waals surface area contributed by atoms with E-state index in [1.54, 1.807) is 12.1 Å². The van der Waals surface area contributed by atoms with E-state index in [1.807, 2.05) is 0 Å². The van der Waals surface area contributed by atoms with Gasteiger partial charge in [0.2, 0.25) is 5.91 Å². The number of hydrogen-bond donors (Lipinski definition) is 4. The van der Waals surface area contributed by atoms with Crippen LogP contribution in [0, 0.1) is 0 Å². The molecular weight excluding hydrogens is 238 g/mol. The van der Waals surface area contributed by atoms with Crippen molar-refractivity contribution < 1.29 is 19.5 Å². The number of nitrogens with one attached hydrogen (secondary N) is 1. The molecule has 0 fully saturated rings. The fraction of sp³-hybridized carbons (Fsp3) is 0.182. The molecule has 0 aliphatic heterocycles. The molecule has 0 aliphatic rings. The molecule has 1 atom stereocenters. The predicted molar refractivity (Wildman–Crippen MR) is 63.8 cm³/mol. The summed E-state index contributed by atoms with van der Waals surface area (Å²) in [4.78, 5) is 33.1. The molecule has 0 saturated carbocycles. The van der Waals surface area contributed by atoms with Crippen LogP contribution in [-0.4, -0.2) is 28.9 Å². The van der Waals surface area contributed by atoms with Crippen LogP contribution in [0.2, 0.25) is 0 Å². The van der Waals surface area contributed by atoms with Crippen molar-refractivity contribution in [2.45, 2.75) is 12.5 Å². The highest BCUT2D eigenvalue weighted by Gasteiger charge is 2.18. The minimum atomic E-state index is -1.19. The number of para-hydroxylation sites is 1. The summed E-state index contributed by atoms with van der Waals surface area (Å²) in [6, 6.07) is 4.92. The number of amides is 2. The zero-order chi connectivity index (χ0) is 13.7. The van der Waals surface area contributed by atoms with Gasteiger partial charge in [-0.15, -0.1) is 0 Å². The number of carbonyl (C=O) groups is 3. The fourth-order valence-corrected chi connectivity index (χ4v) is 1.31. The predicted octanol–water partition coefficient (Wildman–Crippen LogP) is -0.474.